The average Bonchev–Trinajstić information content (AvgIpc) is 3.01. The van der Waals surface area contributed by atoms with Crippen LogP contribution in [0.4, 0.5) is 10.5 Å². The minimum absolute atomic E-state index is 0.0243. The molecule has 1 saturated heterocycles. The Bertz CT molecular complexity index is 739. The van der Waals surface area contributed by atoms with E-state index in [1.807, 2.05) is 47.0 Å². The number of nitrogens with zero attached hydrogens (tertiary/aromatic N) is 4. The highest BCUT2D eigenvalue weighted by molar-refractivity contribution is 5.90. The first-order valence-electron chi connectivity index (χ1n) is 8.79. The van der Waals surface area contributed by atoms with Gasteiger partial charge in [0.1, 0.15) is 5.82 Å². The minimum atomic E-state index is -0.0243. The molecule has 6 nitrogen and oxygen atoms in total. The van der Waals surface area contributed by atoms with Gasteiger partial charge >= 0.3 is 6.03 Å². The molecule has 3 rings (SSSR count). The van der Waals surface area contributed by atoms with Gasteiger partial charge in [0.15, 0.2) is 0 Å². The average molecular weight is 341 g/mol. The van der Waals surface area contributed by atoms with Crippen LogP contribution in [0.25, 0.3) is 11.4 Å². The maximum absolute atomic E-state index is 12.8. The summed E-state index contributed by atoms with van der Waals surface area (Å²) in [5.41, 5.74) is 1.79. The van der Waals surface area contributed by atoms with E-state index < -0.39 is 0 Å². The first-order chi connectivity index (χ1) is 12.0. The first-order valence-corrected chi connectivity index (χ1v) is 8.79. The molecule has 6 heteroatoms. The molecule has 1 fully saturated rings. The fraction of sp³-hybridized carbons (Fsp3) is 0.474. The fourth-order valence-electron chi connectivity index (χ4n) is 3.35. The van der Waals surface area contributed by atoms with Crippen molar-refractivity contribution >= 4 is 11.7 Å². The predicted octanol–water partition coefficient (Wildman–Crippen LogP) is 2.89. The largest absolute Gasteiger partial charge is 0.334 e. The van der Waals surface area contributed by atoms with Gasteiger partial charge in [0.05, 0.1) is 0 Å². The summed E-state index contributed by atoms with van der Waals surface area (Å²) < 4.78 is 1.97. The summed E-state index contributed by atoms with van der Waals surface area (Å²) >= 11 is 0. The number of aryl methyl sites for hydroxylation is 1. The molecule has 134 valence electrons. The normalized spacial score (nSPS) is 18.6. The Hall–Kier alpha value is -2.34. The van der Waals surface area contributed by atoms with Crippen molar-refractivity contribution < 1.29 is 4.79 Å². The van der Waals surface area contributed by atoms with Crippen molar-refractivity contribution in [3.8, 4) is 11.4 Å². The molecule has 0 bridgehead atoms. The lowest BCUT2D eigenvalue weighted by Gasteiger charge is -2.42. The van der Waals surface area contributed by atoms with E-state index in [1.54, 1.807) is 6.20 Å². The van der Waals surface area contributed by atoms with E-state index in [0.717, 1.165) is 36.7 Å². The van der Waals surface area contributed by atoms with Crippen LogP contribution in [-0.4, -0.2) is 58.1 Å². The second kappa shape index (κ2) is 7.27. The molecule has 1 aliphatic rings. The van der Waals surface area contributed by atoms with Gasteiger partial charge in [-0.25, -0.2) is 9.78 Å². The van der Waals surface area contributed by atoms with Crippen LogP contribution in [-0.2, 0) is 7.05 Å². The molecule has 2 amide bonds. The summed E-state index contributed by atoms with van der Waals surface area (Å²) in [4.78, 5) is 21.5. The van der Waals surface area contributed by atoms with Crippen molar-refractivity contribution in [2.45, 2.75) is 19.9 Å². The van der Waals surface area contributed by atoms with E-state index in [1.165, 1.54) is 0 Å². The van der Waals surface area contributed by atoms with E-state index in [4.69, 9.17) is 0 Å². The maximum atomic E-state index is 12.8. The third-order valence-electron chi connectivity index (χ3n) is 4.85. The van der Waals surface area contributed by atoms with E-state index in [9.17, 15) is 4.79 Å². The molecule has 1 aromatic heterocycles. The molecule has 1 atom stereocenters. The second-order valence-electron chi connectivity index (χ2n) is 7.14. The zero-order valence-electron chi connectivity index (χ0n) is 15.4. The number of anilines is 1. The van der Waals surface area contributed by atoms with E-state index in [-0.39, 0.29) is 12.1 Å². The van der Waals surface area contributed by atoms with Gasteiger partial charge in [-0.2, -0.15) is 0 Å². The van der Waals surface area contributed by atoms with Crippen LogP contribution in [0.5, 0.6) is 0 Å². The van der Waals surface area contributed by atoms with Gasteiger partial charge in [0.25, 0.3) is 0 Å². The highest BCUT2D eigenvalue weighted by Gasteiger charge is 2.31. The van der Waals surface area contributed by atoms with Crippen LogP contribution in [0.3, 0.4) is 0 Å². The van der Waals surface area contributed by atoms with Crippen LogP contribution in [0.1, 0.15) is 13.8 Å². The number of carbonyl (C=O) groups excluding carboxylic acids is 1. The molecule has 0 saturated carbocycles. The van der Waals surface area contributed by atoms with Crippen molar-refractivity contribution in [2.24, 2.45) is 13.0 Å². The molecule has 0 spiro atoms. The first kappa shape index (κ1) is 17.5. The number of amides is 2. The third-order valence-corrected chi connectivity index (χ3v) is 4.85. The molecule has 0 radical (unpaired) electrons. The Balaban J connectivity index is 1.76. The number of urea groups is 1. The smallest absolute Gasteiger partial charge is 0.322 e. The van der Waals surface area contributed by atoms with Crippen LogP contribution >= 0.6 is 0 Å². The summed E-state index contributed by atoms with van der Waals surface area (Å²) in [7, 11) is 4.08. The van der Waals surface area contributed by atoms with E-state index in [0.29, 0.717) is 5.92 Å². The number of likely N-dealkylation sites (N-methyl/N-ethyl adjacent to an activating group) is 1. The quantitative estimate of drug-likeness (QED) is 0.934. The Morgan fingerprint density at radius 1 is 1.28 bits per heavy atom. The number of rotatable bonds is 3. The molecular weight excluding hydrogens is 314 g/mol. The monoisotopic (exact) mass is 341 g/mol. The lowest BCUT2D eigenvalue weighted by atomic mass is 10.0. The van der Waals surface area contributed by atoms with Gasteiger partial charge in [0, 0.05) is 56.4 Å². The molecule has 2 heterocycles. The Kier molecular flexibility index (Phi) is 5.08. The number of hydrogen-bond acceptors (Lipinski definition) is 3. The highest BCUT2D eigenvalue weighted by Crippen LogP contribution is 2.22. The third kappa shape index (κ3) is 3.85. The van der Waals surface area contributed by atoms with Crippen LogP contribution in [0.2, 0.25) is 0 Å². The zero-order valence-corrected chi connectivity index (χ0v) is 15.4. The summed E-state index contributed by atoms with van der Waals surface area (Å²) in [6.07, 6.45) is 3.69. The minimum Gasteiger partial charge on any atom is -0.334 e. The maximum Gasteiger partial charge on any atom is 0.322 e. The molecule has 1 aromatic carbocycles. The van der Waals surface area contributed by atoms with Gasteiger partial charge < -0.3 is 19.7 Å². The number of hydrogen-bond donors (Lipinski definition) is 1. The Morgan fingerprint density at radius 2 is 2.08 bits per heavy atom. The summed E-state index contributed by atoms with van der Waals surface area (Å²) in [6.45, 7) is 6.92. The molecule has 1 aliphatic heterocycles. The van der Waals surface area contributed by atoms with Crippen LogP contribution in [0.15, 0.2) is 36.7 Å². The van der Waals surface area contributed by atoms with Gasteiger partial charge in [-0.3, -0.25) is 0 Å². The van der Waals surface area contributed by atoms with Crippen LogP contribution in [0, 0.1) is 5.92 Å². The van der Waals surface area contributed by atoms with Crippen molar-refractivity contribution in [1.29, 1.82) is 0 Å². The molecule has 25 heavy (non-hydrogen) atoms. The highest BCUT2D eigenvalue weighted by atomic mass is 16.2. The van der Waals surface area contributed by atoms with Crippen molar-refractivity contribution in [3.05, 3.63) is 36.7 Å². The molecule has 1 N–H and O–H groups in total. The van der Waals surface area contributed by atoms with Gasteiger partial charge in [-0.05, 0) is 25.1 Å². The number of imidazole rings is 1. The van der Waals surface area contributed by atoms with E-state index in [2.05, 4.69) is 36.1 Å². The van der Waals surface area contributed by atoms with Crippen molar-refractivity contribution in [3.63, 3.8) is 0 Å². The number of aromatic nitrogens is 2. The lowest BCUT2D eigenvalue weighted by Crippen LogP contribution is -2.57. The SMILES string of the molecule is CC(C)[C@@H]1CN(C)CCN1C(=O)Nc1cccc(-c2nccn2C)c1. The van der Waals surface area contributed by atoms with Crippen molar-refractivity contribution in [2.75, 3.05) is 32.0 Å². The van der Waals surface area contributed by atoms with Gasteiger partial charge in [-0.15, -0.1) is 0 Å². The predicted molar refractivity (Wildman–Crippen MR) is 100 cm³/mol. The Morgan fingerprint density at radius 3 is 2.76 bits per heavy atom. The number of benzene rings is 1. The lowest BCUT2D eigenvalue weighted by molar-refractivity contribution is 0.0922. The molecule has 0 unspecified atom stereocenters. The number of piperazine rings is 1. The molecular formula is C19H27N5O. The van der Waals surface area contributed by atoms with E-state index >= 15 is 0 Å². The second-order valence-corrected chi connectivity index (χ2v) is 7.14. The Labute approximate surface area is 149 Å². The number of nitrogens with one attached hydrogen (secondary N) is 1. The summed E-state index contributed by atoms with van der Waals surface area (Å²) in [6, 6.07) is 8.06. The fourth-order valence-corrected chi connectivity index (χ4v) is 3.35. The standard InChI is InChI=1S/C19H27N5O/c1-14(2)17-13-22(3)10-11-24(17)19(25)21-16-7-5-6-15(12-16)18-20-8-9-23(18)4/h5-9,12,14,17H,10-11,13H2,1-4H3,(H,21,25)/t17-/m0/s1. The van der Waals surface area contributed by atoms with Crippen molar-refractivity contribution in [1.82, 2.24) is 19.4 Å². The van der Waals surface area contributed by atoms with Crippen LogP contribution < -0.4 is 5.32 Å². The molecule has 0 aliphatic carbocycles. The van der Waals surface area contributed by atoms with Gasteiger partial charge in [0.2, 0.25) is 0 Å². The summed E-state index contributed by atoms with van der Waals surface area (Å²) in [5, 5.41) is 3.06. The summed E-state index contributed by atoms with van der Waals surface area (Å²) in [5.74, 6) is 1.31. The number of carbonyl (C=O) groups is 1. The zero-order chi connectivity index (χ0) is 18.0. The van der Waals surface area contributed by atoms with Gasteiger partial charge in [-0.1, -0.05) is 26.0 Å². The topological polar surface area (TPSA) is 53.4 Å². The molecule has 2 aromatic rings.